The van der Waals surface area contributed by atoms with Crippen molar-refractivity contribution in [3.05, 3.63) is 82.4 Å². The van der Waals surface area contributed by atoms with Crippen LogP contribution in [-0.2, 0) is 6.42 Å². The first-order valence-electron chi connectivity index (χ1n) is 10.0. The molecule has 5 nitrogen and oxygen atoms in total. The molecule has 0 aliphatic rings. The highest BCUT2D eigenvalue weighted by atomic mass is 35.5. The van der Waals surface area contributed by atoms with Gasteiger partial charge in [0.2, 0.25) is 12.0 Å². The number of ether oxygens (including phenoxy) is 1. The van der Waals surface area contributed by atoms with E-state index in [1.54, 1.807) is 31.3 Å². The molecule has 0 aliphatic heterocycles. The van der Waals surface area contributed by atoms with Gasteiger partial charge in [0.15, 0.2) is 0 Å². The average Bonchev–Trinajstić information content (AvgIpc) is 3.18. The Kier molecular flexibility index (Phi) is 7.86. The van der Waals surface area contributed by atoms with Crippen LogP contribution in [0.2, 0.25) is 5.02 Å². The largest absolute Gasteiger partial charge is 0.459 e. The number of aromatic nitrogens is 4. The van der Waals surface area contributed by atoms with Crippen molar-refractivity contribution >= 4 is 23.4 Å². The Bertz CT molecular complexity index is 1180. The minimum atomic E-state index is -4.74. The Morgan fingerprint density at radius 1 is 1.30 bits per heavy atom. The fourth-order valence-corrected chi connectivity index (χ4v) is 4.25. The Morgan fingerprint density at radius 3 is 2.67 bits per heavy atom. The second kappa shape index (κ2) is 10.4. The van der Waals surface area contributed by atoms with E-state index in [0.29, 0.717) is 22.7 Å². The van der Waals surface area contributed by atoms with E-state index >= 15 is 0 Å². The third kappa shape index (κ3) is 5.97. The highest BCUT2D eigenvalue weighted by Gasteiger charge is 2.45. The SMILES string of the molecule is C=C/C=C(/C)Sc1c(CC)ncnc1O[C@H](c1ccc(Cl)cc1-n1ccc(C)n1)C(F)(F)F. The first kappa shape index (κ1) is 24.9. The zero-order valence-electron chi connectivity index (χ0n) is 18.2. The van der Waals surface area contributed by atoms with Gasteiger partial charge in [0, 0.05) is 16.8 Å². The zero-order valence-corrected chi connectivity index (χ0v) is 19.8. The van der Waals surface area contributed by atoms with E-state index in [0.717, 1.165) is 4.91 Å². The Balaban J connectivity index is 2.13. The van der Waals surface area contributed by atoms with Crippen LogP contribution in [0.3, 0.4) is 0 Å². The first-order valence-corrected chi connectivity index (χ1v) is 11.2. The molecule has 0 aliphatic carbocycles. The van der Waals surface area contributed by atoms with Crippen LogP contribution in [0.15, 0.2) is 65.3 Å². The molecule has 2 heterocycles. The van der Waals surface area contributed by atoms with E-state index < -0.39 is 12.3 Å². The van der Waals surface area contributed by atoms with Crippen LogP contribution in [0.5, 0.6) is 5.88 Å². The minimum Gasteiger partial charge on any atom is -0.459 e. The summed E-state index contributed by atoms with van der Waals surface area (Å²) in [4.78, 5) is 9.50. The average molecular weight is 495 g/mol. The predicted octanol–water partition coefficient (Wildman–Crippen LogP) is 7.05. The van der Waals surface area contributed by atoms with Crippen molar-refractivity contribution in [3.8, 4) is 11.6 Å². The van der Waals surface area contributed by atoms with E-state index in [1.807, 2.05) is 13.8 Å². The highest BCUT2D eigenvalue weighted by Crippen LogP contribution is 2.43. The van der Waals surface area contributed by atoms with Gasteiger partial charge in [-0.05, 0) is 43.4 Å². The van der Waals surface area contributed by atoms with Crippen LogP contribution >= 0.6 is 23.4 Å². The van der Waals surface area contributed by atoms with E-state index in [-0.39, 0.29) is 22.2 Å². The Labute approximate surface area is 199 Å². The Hall–Kier alpha value is -2.78. The summed E-state index contributed by atoms with van der Waals surface area (Å²) in [5, 5.41) is 4.52. The molecule has 1 atom stereocenters. The number of hydrogen-bond donors (Lipinski definition) is 0. The molecule has 1 aromatic carbocycles. The molecule has 0 saturated carbocycles. The quantitative estimate of drug-likeness (QED) is 0.248. The second-order valence-corrected chi connectivity index (χ2v) is 8.76. The number of rotatable bonds is 8. The number of hydrogen-bond acceptors (Lipinski definition) is 5. The van der Waals surface area contributed by atoms with Crippen LogP contribution in [0.4, 0.5) is 13.2 Å². The summed E-state index contributed by atoms with van der Waals surface area (Å²) in [7, 11) is 0. The normalized spacial score (nSPS) is 13.1. The fourth-order valence-electron chi connectivity index (χ4n) is 3.10. The van der Waals surface area contributed by atoms with Gasteiger partial charge in [0.1, 0.15) is 6.33 Å². The standard InChI is InChI=1S/C23H22ClF3N4OS/c1-5-7-15(4)33-20-18(6-2)28-13-29-22(20)32-21(23(25,26)27)17-9-8-16(24)12-19(17)31-11-10-14(3)30-31/h5,7-13,21H,1,6H2,2-4H3/b15-7-/t21-/m1/s1. The summed E-state index contributed by atoms with van der Waals surface area (Å²) in [6.07, 6.45) is -0.423. The first-order chi connectivity index (χ1) is 15.6. The van der Waals surface area contributed by atoms with Crippen molar-refractivity contribution in [1.82, 2.24) is 19.7 Å². The number of aryl methyl sites for hydroxylation is 2. The van der Waals surface area contributed by atoms with Crippen molar-refractivity contribution in [3.63, 3.8) is 0 Å². The molecule has 174 valence electrons. The van der Waals surface area contributed by atoms with Crippen LogP contribution < -0.4 is 4.74 Å². The molecule has 0 unspecified atom stereocenters. The third-order valence-corrected chi connectivity index (χ3v) is 5.87. The van der Waals surface area contributed by atoms with Gasteiger partial charge in [-0.15, -0.1) is 0 Å². The number of nitrogens with zero attached hydrogens (tertiary/aromatic N) is 4. The predicted molar refractivity (Wildman–Crippen MR) is 124 cm³/mol. The van der Waals surface area contributed by atoms with Gasteiger partial charge >= 0.3 is 6.18 Å². The minimum absolute atomic E-state index is 0.138. The summed E-state index contributed by atoms with van der Waals surface area (Å²) in [6, 6.07) is 5.80. The summed E-state index contributed by atoms with van der Waals surface area (Å²) in [6.45, 7) is 9.08. The summed E-state index contributed by atoms with van der Waals surface area (Å²) >= 11 is 7.34. The van der Waals surface area contributed by atoms with Crippen molar-refractivity contribution in [2.45, 2.75) is 44.4 Å². The maximum absolute atomic E-state index is 14.3. The van der Waals surface area contributed by atoms with Gasteiger partial charge in [-0.25, -0.2) is 14.6 Å². The lowest BCUT2D eigenvalue weighted by atomic mass is 10.1. The lowest BCUT2D eigenvalue weighted by Crippen LogP contribution is -2.28. The van der Waals surface area contributed by atoms with Crippen molar-refractivity contribution in [2.24, 2.45) is 0 Å². The van der Waals surface area contributed by atoms with Gasteiger partial charge in [0.05, 0.1) is 22.0 Å². The van der Waals surface area contributed by atoms with Crippen LogP contribution in [-0.4, -0.2) is 25.9 Å². The molecule has 0 N–H and O–H groups in total. The number of thioether (sulfide) groups is 1. The topological polar surface area (TPSA) is 52.8 Å². The molecule has 3 rings (SSSR count). The van der Waals surface area contributed by atoms with Gasteiger partial charge in [-0.2, -0.15) is 18.3 Å². The van der Waals surface area contributed by atoms with Gasteiger partial charge in [-0.1, -0.05) is 55.1 Å². The van der Waals surface area contributed by atoms with Crippen molar-refractivity contribution in [2.75, 3.05) is 0 Å². The summed E-state index contributed by atoms with van der Waals surface area (Å²) in [5.41, 5.74) is 1.26. The lowest BCUT2D eigenvalue weighted by molar-refractivity contribution is -0.199. The molecule has 0 fully saturated rings. The molecule has 10 heteroatoms. The molecular weight excluding hydrogens is 473 g/mol. The maximum atomic E-state index is 14.3. The molecule has 0 spiro atoms. The van der Waals surface area contributed by atoms with E-state index in [1.165, 1.54) is 41.0 Å². The molecule has 3 aromatic rings. The monoisotopic (exact) mass is 494 g/mol. The zero-order chi connectivity index (χ0) is 24.2. The van der Waals surface area contributed by atoms with Crippen LogP contribution in [0.25, 0.3) is 5.69 Å². The van der Waals surface area contributed by atoms with Gasteiger partial charge in [0.25, 0.3) is 0 Å². The van der Waals surface area contributed by atoms with E-state index in [4.69, 9.17) is 16.3 Å². The summed E-state index contributed by atoms with van der Waals surface area (Å²) < 4.78 is 49.9. The molecular formula is C23H22ClF3N4OS. The Morgan fingerprint density at radius 2 is 2.06 bits per heavy atom. The highest BCUT2D eigenvalue weighted by molar-refractivity contribution is 8.03. The molecule has 0 radical (unpaired) electrons. The molecule has 0 bridgehead atoms. The number of halogens is 4. The molecule has 0 amide bonds. The fraction of sp³-hybridized carbons (Fsp3) is 0.261. The van der Waals surface area contributed by atoms with Crippen molar-refractivity contribution < 1.29 is 17.9 Å². The molecule has 0 saturated heterocycles. The van der Waals surface area contributed by atoms with Crippen molar-refractivity contribution in [1.29, 1.82) is 0 Å². The summed E-state index contributed by atoms with van der Waals surface area (Å²) in [5.74, 6) is -0.150. The van der Waals surface area contributed by atoms with Crippen LogP contribution in [0, 0.1) is 6.92 Å². The number of allylic oxidation sites excluding steroid dienone is 3. The molecule has 33 heavy (non-hydrogen) atoms. The smallest absolute Gasteiger partial charge is 0.429 e. The second-order valence-electron chi connectivity index (χ2n) is 7.07. The third-order valence-electron chi connectivity index (χ3n) is 4.57. The van der Waals surface area contributed by atoms with E-state index in [9.17, 15) is 13.2 Å². The van der Waals surface area contributed by atoms with E-state index in [2.05, 4.69) is 21.6 Å². The number of alkyl halides is 3. The van der Waals surface area contributed by atoms with Gasteiger partial charge in [-0.3, -0.25) is 0 Å². The van der Waals surface area contributed by atoms with Gasteiger partial charge < -0.3 is 4.74 Å². The molecule has 2 aromatic heterocycles. The van der Waals surface area contributed by atoms with Crippen LogP contribution in [0.1, 0.15) is 36.9 Å². The lowest BCUT2D eigenvalue weighted by Gasteiger charge is -2.25. The maximum Gasteiger partial charge on any atom is 0.429 e. The number of benzene rings is 1.